The highest BCUT2D eigenvalue weighted by Crippen LogP contribution is 2.28. The van der Waals surface area contributed by atoms with Crippen LogP contribution < -0.4 is 0 Å². The second-order valence-electron chi connectivity index (χ2n) is 4.59. The fraction of sp³-hybridized carbons (Fsp3) is 0. The Bertz CT molecular complexity index is 874. The van der Waals surface area contributed by atoms with Gasteiger partial charge in [0.1, 0.15) is 0 Å². The van der Waals surface area contributed by atoms with Crippen molar-refractivity contribution in [3.05, 3.63) is 67.0 Å². The zero-order valence-corrected chi connectivity index (χ0v) is 10.2. The molecule has 2 aromatic carbocycles. The van der Waals surface area contributed by atoms with Gasteiger partial charge in [-0.15, -0.1) is 0 Å². The van der Waals surface area contributed by atoms with Crippen LogP contribution in [0.5, 0.6) is 0 Å². The Kier molecular flexibility index (Phi) is 2.15. The third kappa shape index (κ3) is 1.61. The first-order chi connectivity index (χ1) is 9.42. The van der Waals surface area contributed by atoms with Crippen LogP contribution in [0.1, 0.15) is 0 Å². The third-order valence-corrected chi connectivity index (χ3v) is 3.40. The van der Waals surface area contributed by atoms with Crippen LogP contribution in [0.2, 0.25) is 0 Å². The number of hydrogen-bond acceptors (Lipinski definition) is 1. The standard InChI is InChI=1S/C17H11N2/c1-3-7-15-13(6-1)10-19-17(15)14-9-12-5-2-4-8-16(12)18-11-14/h1-10,19H. The van der Waals surface area contributed by atoms with Gasteiger partial charge in [-0.25, -0.2) is 4.98 Å². The molecule has 2 heteroatoms. The molecular weight excluding hydrogens is 232 g/mol. The lowest BCUT2D eigenvalue weighted by molar-refractivity contribution is 1.35. The van der Waals surface area contributed by atoms with Crippen LogP contribution >= 0.6 is 0 Å². The van der Waals surface area contributed by atoms with Crippen LogP contribution in [-0.4, -0.2) is 9.97 Å². The number of benzene rings is 2. The summed E-state index contributed by atoms with van der Waals surface area (Å²) in [6.45, 7) is 0. The summed E-state index contributed by atoms with van der Waals surface area (Å²) in [5, 5.41) is 3.55. The number of hydrogen-bond donors (Lipinski definition) is 1. The molecule has 4 rings (SSSR count). The highest BCUT2D eigenvalue weighted by atomic mass is 14.7. The van der Waals surface area contributed by atoms with Crippen molar-refractivity contribution in [1.82, 2.24) is 9.97 Å². The highest BCUT2D eigenvalue weighted by molar-refractivity contribution is 5.97. The molecule has 0 bridgehead atoms. The average molecular weight is 243 g/mol. The lowest BCUT2D eigenvalue weighted by atomic mass is 10.1. The molecule has 0 atom stereocenters. The molecule has 0 aliphatic rings. The summed E-state index contributed by atoms with van der Waals surface area (Å²) in [5.74, 6) is 0. The van der Waals surface area contributed by atoms with Crippen LogP contribution in [0.15, 0.2) is 60.8 Å². The molecule has 2 aromatic heterocycles. The largest absolute Gasteiger partial charge is 0.360 e. The summed E-state index contributed by atoms with van der Waals surface area (Å²) in [6.07, 6.45) is 5.15. The minimum absolute atomic E-state index is 0.974. The molecule has 2 nitrogen and oxygen atoms in total. The van der Waals surface area contributed by atoms with E-state index in [0.29, 0.717) is 0 Å². The molecule has 1 radical (unpaired) electrons. The van der Waals surface area contributed by atoms with Crippen molar-refractivity contribution in [2.45, 2.75) is 0 Å². The van der Waals surface area contributed by atoms with Gasteiger partial charge in [0.2, 0.25) is 0 Å². The van der Waals surface area contributed by atoms with Gasteiger partial charge in [-0.2, -0.15) is 0 Å². The van der Waals surface area contributed by atoms with E-state index >= 15 is 0 Å². The van der Waals surface area contributed by atoms with Crippen molar-refractivity contribution in [2.75, 3.05) is 0 Å². The van der Waals surface area contributed by atoms with Crippen molar-refractivity contribution in [3.63, 3.8) is 0 Å². The van der Waals surface area contributed by atoms with Gasteiger partial charge >= 0.3 is 0 Å². The topological polar surface area (TPSA) is 28.7 Å². The fourth-order valence-electron chi connectivity index (χ4n) is 2.45. The Balaban J connectivity index is 1.99. The van der Waals surface area contributed by atoms with Gasteiger partial charge in [0.15, 0.2) is 0 Å². The van der Waals surface area contributed by atoms with E-state index in [0.717, 1.165) is 22.2 Å². The number of aromatic nitrogens is 2. The molecule has 0 saturated carbocycles. The van der Waals surface area contributed by atoms with Gasteiger partial charge in [-0.05, 0) is 17.5 Å². The Morgan fingerprint density at radius 2 is 1.68 bits per heavy atom. The van der Waals surface area contributed by atoms with E-state index in [2.05, 4.69) is 40.4 Å². The summed E-state index contributed by atoms with van der Waals surface area (Å²) in [6, 6.07) is 18.5. The van der Waals surface area contributed by atoms with Crippen molar-refractivity contribution < 1.29 is 0 Å². The summed E-state index contributed by atoms with van der Waals surface area (Å²) >= 11 is 0. The van der Waals surface area contributed by atoms with Gasteiger partial charge < -0.3 is 4.98 Å². The summed E-state index contributed by atoms with van der Waals surface area (Å²) in [4.78, 5) is 7.72. The number of rotatable bonds is 1. The van der Waals surface area contributed by atoms with Crippen LogP contribution in [0.3, 0.4) is 0 Å². The molecule has 1 N–H and O–H groups in total. The van der Waals surface area contributed by atoms with E-state index in [1.165, 1.54) is 10.8 Å². The zero-order chi connectivity index (χ0) is 12.7. The Hall–Kier alpha value is -2.61. The van der Waals surface area contributed by atoms with Gasteiger partial charge in [-0.1, -0.05) is 42.5 Å². The maximum absolute atomic E-state index is 4.40. The molecular formula is C17H11N2. The quantitative estimate of drug-likeness (QED) is 0.533. The van der Waals surface area contributed by atoms with Crippen molar-refractivity contribution in [2.24, 2.45) is 0 Å². The first-order valence-corrected chi connectivity index (χ1v) is 6.26. The Morgan fingerprint density at radius 3 is 2.63 bits per heavy atom. The number of nitrogens with one attached hydrogen (secondary N) is 1. The van der Waals surface area contributed by atoms with Crippen LogP contribution in [0.25, 0.3) is 32.9 Å². The van der Waals surface area contributed by atoms with Gasteiger partial charge in [-0.3, -0.25) is 0 Å². The Labute approximate surface area is 110 Å². The maximum Gasteiger partial charge on any atom is 0.0994 e. The minimum Gasteiger partial charge on any atom is -0.360 e. The van der Waals surface area contributed by atoms with Gasteiger partial charge in [0.05, 0.1) is 17.4 Å². The first-order valence-electron chi connectivity index (χ1n) is 6.26. The molecule has 2 heterocycles. The summed E-state index contributed by atoms with van der Waals surface area (Å²) in [7, 11) is 0. The van der Waals surface area contributed by atoms with E-state index in [9.17, 15) is 0 Å². The molecule has 19 heavy (non-hydrogen) atoms. The van der Waals surface area contributed by atoms with Crippen molar-refractivity contribution >= 4 is 21.7 Å². The Morgan fingerprint density at radius 1 is 0.895 bits per heavy atom. The molecule has 0 spiro atoms. The van der Waals surface area contributed by atoms with Crippen LogP contribution in [-0.2, 0) is 0 Å². The summed E-state index contributed by atoms with van der Waals surface area (Å²) in [5.41, 5.74) is 3.05. The lowest BCUT2D eigenvalue weighted by Gasteiger charge is -2.01. The van der Waals surface area contributed by atoms with Crippen LogP contribution in [0.4, 0.5) is 0 Å². The van der Waals surface area contributed by atoms with Gasteiger partial charge in [0.25, 0.3) is 0 Å². The molecule has 0 saturated heterocycles. The predicted octanol–water partition coefficient (Wildman–Crippen LogP) is 4.18. The van der Waals surface area contributed by atoms with Gasteiger partial charge in [0, 0.05) is 22.5 Å². The maximum atomic E-state index is 4.40. The monoisotopic (exact) mass is 243 g/mol. The molecule has 0 unspecified atom stereocenters. The van der Waals surface area contributed by atoms with E-state index in [4.69, 9.17) is 0 Å². The van der Waals surface area contributed by atoms with E-state index in [1.54, 1.807) is 0 Å². The number of H-pyrrole nitrogens is 1. The molecule has 0 amide bonds. The number of fused-ring (bicyclic) bond motifs is 2. The minimum atomic E-state index is 0.974. The molecule has 0 fully saturated rings. The zero-order valence-electron chi connectivity index (χ0n) is 10.2. The number of nitrogens with zero attached hydrogens (tertiary/aromatic N) is 1. The molecule has 89 valence electrons. The van der Waals surface area contributed by atoms with E-state index in [1.807, 2.05) is 36.5 Å². The summed E-state index contributed by atoms with van der Waals surface area (Å²) < 4.78 is 0. The average Bonchev–Trinajstić information content (AvgIpc) is 2.91. The second kappa shape index (κ2) is 3.95. The van der Waals surface area contributed by atoms with E-state index in [-0.39, 0.29) is 0 Å². The van der Waals surface area contributed by atoms with Crippen LogP contribution in [0, 0.1) is 6.20 Å². The fourth-order valence-corrected chi connectivity index (χ4v) is 2.45. The number of pyridine rings is 1. The lowest BCUT2D eigenvalue weighted by Crippen LogP contribution is -1.84. The van der Waals surface area contributed by atoms with Crippen molar-refractivity contribution in [3.8, 4) is 11.3 Å². The normalized spacial score (nSPS) is 11.2. The first kappa shape index (κ1) is 10.3. The van der Waals surface area contributed by atoms with Crippen molar-refractivity contribution in [1.29, 1.82) is 0 Å². The molecule has 0 aliphatic heterocycles. The second-order valence-corrected chi connectivity index (χ2v) is 4.59. The van der Waals surface area contributed by atoms with E-state index < -0.39 is 0 Å². The predicted molar refractivity (Wildman–Crippen MR) is 77.9 cm³/mol. The molecule has 0 aliphatic carbocycles. The number of para-hydroxylation sites is 1. The highest BCUT2D eigenvalue weighted by Gasteiger charge is 2.07. The third-order valence-electron chi connectivity index (χ3n) is 3.40. The SMILES string of the molecule is [c]1nc2ccccc2cc1-c1[nH]cc2ccccc12. The smallest absolute Gasteiger partial charge is 0.0994 e. The number of aromatic amines is 1. The molecule has 4 aromatic rings.